The fourth-order valence-corrected chi connectivity index (χ4v) is 1.38. The molecule has 0 unspecified atom stereocenters. The maximum absolute atomic E-state index is 7.05. The van der Waals surface area contributed by atoms with Gasteiger partial charge in [0.15, 0.2) is 0 Å². The van der Waals surface area contributed by atoms with E-state index >= 15 is 0 Å². The smallest absolute Gasteiger partial charge is 0.366 e. The van der Waals surface area contributed by atoms with Crippen LogP contribution >= 0.6 is 0 Å². The van der Waals surface area contributed by atoms with E-state index in [1.807, 2.05) is 13.8 Å². The molecule has 0 radical (unpaired) electrons. The van der Waals surface area contributed by atoms with Crippen LogP contribution in [0.2, 0.25) is 0 Å². The van der Waals surface area contributed by atoms with Crippen LogP contribution in [0.15, 0.2) is 12.1 Å². The van der Waals surface area contributed by atoms with Crippen LogP contribution in [0.5, 0.6) is 0 Å². The Bertz CT molecular complexity index is 295. The average Bonchev–Trinajstić information content (AvgIpc) is 1.85. The van der Waals surface area contributed by atoms with E-state index < -0.39 is 0 Å². The van der Waals surface area contributed by atoms with Gasteiger partial charge in [-0.15, -0.1) is 16.7 Å². The third-order valence-corrected chi connectivity index (χ3v) is 1.80. The molecule has 0 aliphatic heterocycles. The van der Waals surface area contributed by atoms with Crippen LogP contribution in [-0.4, -0.2) is 0 Å². The van der Waals surface area contributed by atoms with Crippen LogP contribution in [0.1, 0.15) is 22.3 Å². The van der Waals surface area contributed by atoms with E-state index in [9.17, 15) is 0 Å². The Morgan fingerprint density at radius 1 is 1.08 bits per heavy atom. The molecule has 1 rings (SSSR count). The number of benzene rings is 1. The van der Waals surface area contributed by atoms with E-state index in [2.05, 4.69) is 25.0 Å². The Morgan fingerprint density at radius 2 is 1.50 bits per heavy atom. The van der Waals surface area contributed by atoms with Gasteiger partial charge in [-0.1, -0.05) is 31.5 Å². The van der Waals surface area contributed by atoms with Gasteiger partial charge >= 0.3 is 17.1 Å². The zero-order valence-electron chi connectivity index (χ0n) is 7.46. The summed E-state index contributed by atoms with van der Waals surface area (Å²) >= 11 is 0. The van der Waals surface area contributed by atoms with Crippen molar-refractivity contribution in [2.24, 2.45) is 0 Å². The predicted molar refractivity (Wildman–Crippen MR) is 46.9 cm³/mol. The molecule has 0 nitrogen and oxygen atoms in total. The van der Waals surface area contributed by atoms with E-state index in [1.54, 1.807) is 0 Å². The molecule has 0 saturated heterocycles. The van der Waals surface area contributed by atoms with E-state index in [-0.39, 0.29) is 17.1 Å². The molecule has 0 saturated carbocycles. The molecule has 1 aromatic carbocycles. The molecule has 0 aliphatic rings. The maximum atomic E-state index is 7.05. The maximum Gasteiger partial charge on any atom is 1.00 e. The molecule has 0 amide bonds. The van der Waals surface area contributed by atoms with Crippen LogP contribution in [0.4, 0.5) is 0 Å². The SMILES string of the molecule is [C-]#Cc1c(C)cc(C)cc1C.[Cu+]. The minimum Gasteiger partial charge on any atom is -0.366 e. The van der Waals surface area contributed by atoms with Crippen molar-refractivity contribution < 1.29 is 17.1 Å². The predicted octanol–water partition coefficient (Wildman–Crippen LogP) is 2.55. The van der Waals surface area contributed by atoms with Gasteiger partial charge in [-0.25, -0.2) is 0 Å². The monoisotopic (exact) mass is 206 g/mol. The first-order valence-electron chi connectivity index (χ1n) is 3.65. The van der Waals surface area contributed by atoms with Crippen molar-refractivity contribution in [2.45, 2.75) is 20.8 Å². The van der Waals surface area contributed by atoms with Gasteiger partial charge in [-0.2, -0.15) is 0 Å². The van der Waals surface area contributed by atoms with Crippen molar-refractivity contribution in [2.75, 3.05) is 0 Å². The molecular weight excluding hydrogens is 196 g/mol. The van der Waals surface area contributed by atoms with Gasteiger partial charge in [0.25, 0.3) is 0 Å². The molecule has 66 valence electrons. The van der Waals surface area contributed by atoms with Crippen molar-refractivity contribution in [3.63, 3.8) is 0 Å². The number of hydrogen-bond acceptors (Lipinski definition) is 0. The first-order valence-corrected chi connectivity index (χ1v) is 3.65. The van der Waals surface area contributed by atoms with E-state index in [0.717, 1.165) is 16.7 Å². The zero-order chi connectivity index (χ0) is 8.43. The number of rotatable bonds is 0. The Balaban J connectivity index is 0.00000121. The second-order valence-corrected chi connectivity index (χ2v) is 2.90. The molecule has 0 N–H and O–H groups in total. The fraction of sp³-hybridized carbons (Fsp3) is 0.273. The molecule has 0 spiro atoms. The van der Waals surface area contributed by atoms with Gasteiger partial charge in [0, 0.05) is 0 Å². The molecule has 0 bridgehead atoms. The van der Waals surface area contributed by atoms with Gasteiger partial charge in [-0.3, -0.25) is 5.92 Å². The molecular formula is C11H11Cu. The summed E-state index contributed by atoms with van der Waals surface area (Å²) in [5, 5.41) is 0. The van der Waals surface area contributed by atoms with Crippen LogP contribution < -0.4 is 0 Å². The topological polar surface area (TPSA) is 0 Å². The van der Waals surface area contributed by atoms with Gasteiger partial charge in [0.2, 0.25) is 0 Å². The Morgan fingerprint density at radius 3 is 1.83 bits per heavy atom. The quantitative estimate of drug-likeness (QED) is 0.348. The van der Waals surface area contributed by atoms with Gasteiger partial charge in [-0.05, 0) is 6.92 Å². The Labute approximate surface area is 84.9 Å². The summed E-state index contributed by atoms with van der Waals surface area (Å²) in [5.41, 5.74) is 4.45. The van der Waals surface area contributed by atoms with Gasteiger partial charge in [0.1, 0.15) is 0 Å². The van der Waals surface area contributed by atoms with E-state index in [4.69, 9.17) is 6.42 Å². The summed E-state index contributed by atoms with van der Waals surface area (Å²) in [5.74, 6) is 2.44. The fourth-order valence-electron chi connectivity index (χ4n) is 1.38. The second-order valence-electron chi connectivity index (χ2n) is 2.90. The summed E-state index contributed by atoms with van der Waals surface area (Å²) in [4.78, 5) is 0. The Kier molecular flexibility index (Phi) is 4.10. The third kappa shape index (κ3) is 2.14. The van der Waals surface area contributed by atoms with E-state index in [0.29, 0.717) is 0 Å². The third-order valence-electron chi connectivity index (χ3n) is 1.80. The molecule has 0 fully saturated rings. The molecule has 1 aromatic rings. The number of aryl methyl sites for hydroxylation is 3. The molecule has 0 aromatic heterocycles. The van der Waals surface area contributed by atoms with Crippen LogP contribution in [0, 0.1) is 33.1 Å². The normalized spacial score (nSPS) is 8.50. The molecule has 0 aliphatic carbocycles. The zero-order valence-corrected chi connectivity index (χ0v) is 8.40. The van der Waals surface area contributed by atoms with Crippen LogP contribution in [0.3, 0.4) is 0 Å². The minimum absolute atomic E-state index is 0. The molecule has 1 heteroatoms. The first-order chi connectivity index (χ1) is 5.15. The van der Waals surface area contributed by atoms with Gasteiger partial charge < -0.3 is 6.42 Å². The van der Waals surface area contributed by atoms with Crippen LogP contribution in [-0.2, 0) is 17.1 Å². The van der Waals surface area contributed by atoms with Crippen molar-refractivity contribution in [1.29, 1.82) is 0 Å². The molecule has 12 heavy (non-hydrogen) atoms. The summed E-state index contributed by atoms with van der Waals surface area (Å²) in [6, 6.07) is 4.15. The number of hydrogen-bond donors (Lipinski definition) is 0. The average molecular weight is 207 g/mol. The summed E-state index contributed by atoms with van der Waals surface area (Å²) in [6.07, 6.45) is 7.05. The van der Waals surface area contributed by atoms with Crippen molar-refractivity contribution >= 4 is 0 Å². The summed E-state index contributed by atoms with van der Waals surface area (Å²) in [7, 11) is 0. The summed E-state index contributed by atoms with van der Waals surface area (Å²) in [6.45, 7) is 6.08. The standard InChI is InChI=1S/C11H11.Cu/c1-5-11-9(3)6-8(2)7-10(11)4;/h6-7H,2-4H3;/q-1;+1. The summed E-state index contributed by atoms with van der Waals surface area (Å²) < 4.78 is 0. The van der Waals surface area contributed by atoms with Gasteiger partial charge in [0.05, 0.1) is 0 Å². The van der Waals surface area contributed by atoms with Crippen molar-refractivity contribution in [3.8, 4) is 5.92 Å². The van der Waals surface area contributed by atoms with Crippen LogP contribution in [0.25, 0.3) is 0 Å². The second kappa shape index (κ2) is 4.36. The minimum atomic E-state index is 0. The largest absolute Gasteiger partial charge is 1.00 e. The Hall–Kier alpha value is -0.701. The molecule has 0 atom stereocenters. The first kappa shape index (κ1) is 11.3. The van der Waals surface area contributed by atoms with Crippen molar-refractivity contribution in [1.82, 2.24) is 0 Å². The van der Waals surface area contributed by atoms with Crippen molar-refractivity contribution in [3.05, 3.63) is 40.8 Å². The molecule has 0 heterocycles. The van der Waals surface area contributed by atoms with E-state index in [1.165, 1.54) is 5.56 Å².